The normalized spacial score (nSPS) is 27.0. The molecule has 1 heterocycles. The maximum atomic E-state index is 11.3. The first-order chi connectivity index (χ1) is 6.84. The van der Waals surface area contributed by atoms with Gasteiger partial charge in [-0.05, 0) is 25.7 Å². The lowest BCUT2D eigenvalue weighted by atomic mass is 9.98. The second-order valence-corrected chi connectivity index (χ2v) is 4.00. The van der Waals surface area contributed by atoms with Gasteiger partial charge in [0.1, 0.15) is 6.10 Å². The van der Waals surface area contributed by atoms with E-state index in [4.69, 9.17) is 9.47 Å². The highest BCUT2D eigenvalue weighted by Gasteiger charge is 2.24. The summed E-state index contributed by atoms with van der Waals surface area (Å²) in [6.45, 7) is 1.36. The van der Waals surface area contributed by atoms with Gasteiger partial charge in [-0.25, -0.2) is 4.79 Å². The molecule has 1 atom stereocenters. The molecular formula is C10H17NO3. The van der Waals surface area contributed by atoms with Crippen LogP contribution in [0, 0.1) is 0 Å². The summed E-state index contributed by atoms with van der Waals surface area (Å²) >= 11 is 0. The summed E-state index contributed by atoms with van der Waals surface area (Å²) in [6.07, 6.45) is 5.77. The van der Waals surface area contributed by atoms with Gasteiger partial charge in [-0.1, -0.05) is 6.42 Å². The van der Waals surface area contributed by atoms with Gasteiger partial charge in [-0.15, -0.1) is 0 Å². The second kappa shape index (κ2) is 4.64. The highest BCUT2D eigenvalue weighted by molar-refractivity contribution is 5.67. The summed E-state index contributed by atoms with van der Waals surface area (Å²) in [5.41, 5.74) is 0. The summed E-state index contributed by atoms with van der Waals surface area (Å²) < 4.78 is 10.2. The molecule has 1 unspecified atom stereocenters. The molecule has 0 aromatic heterocycles. The van der Waals surface area contributed by atoms with Gasteiger partial charge in [-0.3, -0.25) is 0 Å². The summed E-state index contributed by atoms with van der Waals surface area (Å²) in [5.74, 6) is 0. The summed E-state index contributed by atoms with van der Waals surface area (Å²) in [7, 11) is 0. The van der Waals surface area contributed by atoms with Crippen molar-refractivity contribution in [3.8, 4) is 0 Å². The average Bonchev–Trinajstić information content (AvgIpc) is 3.00. The van der Waals surface area contributed by atoms with Crippen LogP contribution in [0.5, 0.6) is 0 Å². The van der Waals surface area contributed by atoms with Gasteiger partial charge in [0.15, 0.2) is 0 Å². The van der Waals surface area contributed by atoms with Crippen LogP contribution < -0.4 is 5.32 Å². The molecule has 0 bridgehead atoms. The SMILES string of the molecule is O=C(NCC1CO1)OC1CCCCC1. The molecule has 4 nitrogen and oxygen atoms in total. The van der Waals surface area contributed by atoms with Crippen LogP contribution in [-0.4, -0.2) is 31.5 Å². The molecule has 0 spiro atoms. The van der Waals surface area contributed by atoms with E-state index in [2.05, 4.69) is 5.32 Å². The fourth-order valence-electron chi connectivity index (χ4n) is 1.76. The Kier molecular flexibility index (Phi) is 3.24. The van der Waals surface area contributed by atoms with Crippen LogP contribution in [0.3, 0.4) is 0 Å². The van der Waals surface area contributed by atoms with Crippen LogP contribution in [0.1, 0.15) is 32.1 Å². The van der Waals surface area contributed by atoms with Gasteiger partial charge in [0.05, 0.1) is 12.7 Å². The molecule has 14 heavy (non-hydrogen) atoms. The Balaban J connectivity index is 1.59. The van der Waals surface area contributed by atoms with Crippen molar-refractivity contribution in [3.63, 3.8) is 0 Å². The standard InChI is InChI=1S/C10H17NO3/c12-10(11-6-9-7-13-9)14-8-4-2-1-3-5-8/h8-9H,1-7H2,(H,11,12). The third kappa shape index (κ3) is 3.18. The first-order valence-electron chi connectivity index (χ1n) is 5.40. The number of hydrogen-bond acceptors (Lipinski definition) is 3. The largest absolute Gasteiger partial charge is 0.446 e. The number of ether oxygens (including phenoxy) is 2. The Hall–Kier alpha value is -0.770. The molecule has 1 aliphatic carbocycles. The second-order valence-electron chi connectivity index (χ2n) is 4.00. The van der Waals surface area contributed by atoms with E-state index in [9.17, 15) is 4.79 Å². The number of epoxide rings is 1. The van der Waals surface area contributed by atoms with Gasteiger partial charge >= 0.3 is 6.09 Å². The zero-order valence-electron chi connectivity index (χ0n) is 8.33. The Labute approximate surface area is 84.0 Å². The minimum atomic E-state index is -0.285. The minimum Gasteiger partial charge on any atom is -0.446 e. The van der Waals surface area contributed by atoms with Gasteiger partial charge < -0.3 is 14.8 Å². The van der Waals surface area contributed by atoms with Crippen LogP contribution in [0.25, 0.3) is 0 Å². The molecule has 1 saturated heterocycles. The molecule has 4 heteroatoms. The van der Waals surface area contributed by atoms with Crippen LogP contribution >= 0.6 is 0 Å². The fourth-order valence-corrected chi connectivity index (χ4v) is 1.76. The lowest BCUT2D eigenvalue weighted by Gasteiger charge is -2.21. The molecular weight excluding hydrogens is 182 g/mol. The molecule has 80 valence electrons. The Morgan fingerprint density at radius 2 is 2.07 bits per heavy atom. The summed E-state index contributed by atoms with van der Waals surface area (Å²) in [5, 5.41) is 2.71. The van der Waals surface area contributed by atoms with Gasteiger partial charge in [0.2, 0.25) is 0 Å². The summed E-state index contributed by atoms with van der Waals surface area (Å²) in [4.78, 5) is 11.3. The van der Waals surface area contributed by atoms with Crippen LogP contribution in [-0.2, 0) is 9.47 Å². The van der Waals surface area contributed by atoms with Crippen molar-refractivity contribution in [1.82, 2.24) is 5.32 Å². The predicted octanol–water partition coefficient (Wildman–Crippen LogP) is 1.44. The zero-order chi connectivity index (χ0) is 9.80. The monoisotopic (exact) mass is 199 g/mol. The molecule has 0 aromatic rings. The molecule has 1 N–H and O–H groups in total. The van der Waals surface area contributed by atoms with Crippen molar-refractivity contribution >= 4 is 6.09 Å². The predicted molar refractivity (Wildman–Crippen MR) is 51.1 cm³/mol. The van der Waals surface area contributed by atoms with Crippen molar-refractivity contribution in [3.05, 3.63) is 0 Å². The van der Waals surface area contributed by atoms with Crippen molar-refractivity contribution in [2.24, 2.45) is 0 Å². The van der Waals surface area contributed by atoms with E-state index in [1.54, 1.807) is 0 Å². The van der Waals surface area contributed by atoms with E-state index in [0.29, 0.717) is 6.54 Å². The van der Waals surface area contributed by atoms with E-state index in [-0.39, 0.29) is 18.3 Å². The number of nitrogens with one attached hydrogen (secondary N) is 1. The van der Waals surface area contributed by atoms with Crippen LogP contribution in [0.4, 0.5) is 4.79 Å². The molecule has 1 saturated carbocycles. The Bertz CT molecular complexity index is 198. The van der Waals surface area contributed by atoms with Gasteiger partial charge in [-0.2, -0.15) is 0 Å². The lowest BCUT2D eigenvalue weighted by molar-refractivity contribution is 0.0750. The highest BCUT2D eigenvalue weighted by atomic mass is 16.6. The average molecular weight is 199 g/mol. The molecule has 2 aliphatic rings. The number of amides is 1. The fraction of sp³-hybridized carbons (Fsp3) is 0.900. The topological polar surface area (TPSA) is 50.9 Å². The number of alkyl carbamates (subject to hydrolysis) is 1. The summed E-state index contributed by atoms with van der Waals surface area (Å²) in [6, 6.07) is 0. The van der Waals surface area contributed by atoms with Crippen LogP contribution in [0.15, 0.2) is 0 Å². The lowest BCUT2D eigenvalue weighted by Crippen LogP contribution is -2.32. The van der Waals surface area contributed by atoms with Crippen molar-refractivity contribution < 1.29 is 14.3 Å². The molecule has 2 rings (SSSR count). The quantitative estimate of drug-likeness (QED) is 0.700. The maximum Gasteiger partial charge on any atom is 0.407 e. The molecule has 0 aromatic carbocycles. The van der Waals surface area contributed by atoms with E-state index < -0.39 is 0 Å². The molecule has 1 amide bonds. The molecule has 2 fully saturated rings. The van der Waals surface area contributed by atoms with Gasteiger partial charge in [0.25, 0.3) is 0 Å². The number of carbonyl (C=O) groups excluding carboxylic acids is 1. The first-order valence-corrected chi connectivity index (χ1v) is 5.40. The van der Waals surface area contributed by atoms with Crippen LogP contribution in [0.2, 0.25) is 0 Å². The molecule has 0 radical (unpaired) electrons. The van der Waals surface area contributed by atoms with Crippen molar-refractivity contribution in [2.45, 2.75) is 44.3 Å². The number of hydrogen-bond donors (Lipinski definition) is 1. The minimum absolute atomic E-state index is 0.142. The number of rotatable bonds is 3. The van der Waals surface area contributed by atoms with Crippen molar-refractivity contribution in [1.29, 1.82) is 0 Å². The maximum absolute atomic E-state index is 11.3. The third-order valence-corrected chi connectivity index (χ3v) is 2.70. The molecule has 1 aliphatic heterocycles. The third-order valence-electron chi connectivity index (χ3n) is 2.70. The zero-order valence-corrected chi connectivity index (χ0v) is 8.33. The van der Waals surface area contributed by atoms with E-state index in [1.165, 1.54) is 19.3 Å². The smallest absolute Gasteiger partial charge is 0.407 e. The Morgan fingerprint density at radius 3 is 2.71 bits per heavy atom. The number of carbonyl (C=O) groups is 1. The van der Waals surface area contributed by atoms with E-state index in [1.807, 2.05) is 0 Å². The first kappa shape index (κ1) is 9.77. The highest BCUT2D eigenvalue weighted by Crippen LogP contribution is 2.20. The van der Waals surface area contributed by atoms with E-state index >= 15 is 0 Å². The Morgan fingerprint density at radius 1 is 1.36 bits per heavy atom. The van der Waals surface area contributed by atoms with E-state index in [0.717, 1.165) is 19.4 Å². The van der Waals surface area contributed by atoms with Crippen molar-refractivity contribution in [2.75, 3.05) is 13.2 Å². The van der Waals surface area contributed by atoms with Gasteiger partial charge in [0, 0.05) is 6.54 Å².